The predicted octanol–water partition coefficient (Wildman–Crippen LogP) is 1.17. The highest BCUT2D eigenvalue weighted by Gasteiger charge is 2.49. The van der Waals surface area contributed by atoms with Gasteiger partial charge in [-0.05, 0) is 24.6 Å². The average Bonchev–Trinajstić information content (AvgIpc) is 2.92. The molecule has 128 valence electrons. The summed E-state index contributed by atoms with van der Waals surface area (Å²) in [6.07, 6.45) is 0.795. The van der Waals surface area contributed by atoms with E-state index in [0.29, 0.717) is 13.1 Å². The van der Waals surface area contributed by atoms with Crippen molar-refractivity contribution in [1.82, 2.24) is 10.2 Å². The van der Waals surface area contributed by atoms with Crippen molar-refractivity contribution in [1.29, 1.82) is 0 Å². The van der Waals surface area contributed by atoms with Crippen LogP contribution < -0.4 is 10.6 Å². The third-order valence-corrected chi connectivity index (χ3v) is 5.57. The molecule has 8 heteroatoms. The van der Waals surface area contributed by atoms with Crippen molar-refractivity contribution in [3.05, 3.63) is 35.4 Å². The molecular formula is C16H19N3O4S. The van der Waals surface area contributed by atoms with Crippen molar-refractivity contribution in [3.8, 4) is 0 Å². The number of rotatable bonds is 4. The maximum absolute atomic E-state index is 11.9. The SMILES string of the molecule is Cc1ccc2c(c1)NC(/C(=C\C(=O)O)C(=O)O)(N1CCNCC1)S2. The Labute approximate surface area is 143 Å². The second kappa shape index (κ2) is 6.46. The number of piperazine rings is 1. The Balaban J connectivity index is 2.09. The van der Waals surface area contributed by atoms with Crippen LogP contribution in [-0.2, 0) is 9.59 Å². The van der Waals surface area contributed by atoms with Gasteiger partial charge in [0.1, 0.15) is 0 Å². The van der Waals surface area contributed by atoms with E-state index in [2.05, 4.69) is 10.6 Å². The van der Waals surface area contributed by atoms with Gasteiger partial charge >= 0.3 is 11.9 Å². The Morgan fingerprint density at radius 3 is 2.62 bits per heavy atom. The molecule has 1 saturated heterocycles. The average molecular weight is 349 g/mol. The lowest BCUT2D eigenvalue weighted by atomic mass is 10.1. The highest BCUT2D eigenvalue weighted by atomic mass is 32.2. The van der Waals surface area contributed by atoms with Crippen LogP contribution in [0.15, 0.2) is 34.7 Å². The van der Waals surface area contributed by atoms with Gasteiger partial charge in [0.25, 0.3) is 0 Å². The van der Waals surface area contributed by atoms with Gasteiger partial charge < -0.3 is 20.8 Å². The van der Waals surface area contributed by atoms with Gasteiger partial charge in [-0.1, -0.05) is 17.8 Å². The number of nitrogens with one attached hydrogen (secondary N) is 2. The molecule has 2 aliphatic rings. The molecule has 0 aliphatic carbocycles. The number of carbonyl (C=O) groups is 2. The minimum Gasteiger partial charge on any atom is -0.478 e. The first-order valence-electron chi connectivity index (χ1n) is 7.64. The lowest BCUT2D eigenvalue weighted by Crippen LogP contribution is -2.59. The molecule has 24 heavy (non-hydrogen) atoms. The van der Waals surface area contributed by atoms with Crippen LogP contribution in [0.1, 0.15) is 5.56 Å². The van der Waals surface area contributed by atoms with Crippen molar-refractivity contribution in [2.75, 3.05) is 31.5 Å². The fraction of sp³-hybridized carbons (Fsp3) is 0.375. The Kier molecular flexibility index (Phi) is 4.53. The van der Waals surface area contributed by atoms with Gasteiger partial charge in [-0.25, -0.2) is 9.59 Å². The van der Waals surface area contributed by atoms with Crippen LogP contribution >= 0.6 is 11.8 Å². The maximum Gasteiger partial charge on any atom is 0.336 e. The van der Waals surface area contributed by atoms with E-state index in [0.717, 1.165) is 35.3 Å². The number of nitrogens with zero attached hydrogens (tertiary/aromatic N) is 1. The van der Waals surface area contributed by atoms with Crippen LogP contribution in [0.5, 0.6) is 0 Å². The van der Waals surface area contributed by atoms with E-state index in [9.17, 15) is 14.7 Å². The molecule has 7 nitrogen and oxygen atoms in total. The molecule has 0 bridgehead atoms. The fourth-order valence-electron chi connectivity index (χ4n) is 3.04. The second-order valence-electron chi connectivity index (χ2n) is 5.81. The largest absolute Gasteiger partial charge is 0.478 e. The number of thioether (sulfide) groups is 1. The third kappa shape index (κ3) is 3.00. The molecule has 1 fully saturated rings. The molecule has 0 spiro atoms. The first kappa shape index (κ1) is 16.8. The Morgan fingerprint density at radius 2 is 2.00 bits per heavy atom. The molecule has 2 aliphatic heterocycles. The topological polar surface area (TPSA) is 102 Å². The molecule has 4 N–H and O–H groups in total. The monoisotopic (exact) mass is 349 g/mol. The van der Waals surface area contributed by atoms with Crippen molar-refractivity contribution >= 4 is 29.4 Å². The summed E-state index contributed by atoms with van der Waals surface area (Å²) < 4.78 is 0. The first-order chi connectivity index (χ1) is 11.4. The molecule has 0 saturated carbocycles. The molecule has 1 aromatic rings. The van der Waals surface area contributed by atoms with Crippen LogP contribution in [0.25, 0.3) is 0 Å². The normalized spacial score (nSPS) is 24.3. The van der Waals surface area contributed by atoms with Gasteiger partial charge in [0.2, 0.25) is 0 Å². The molecule has 1 unspecified atom stereocenters. The molecule has 0 aromatic heterocycles. The molecule has 1 aromatic carbocycles. The number of aliphatic carboxylic acids is 2. The number of benzene rings is 1. The van der Waals surface area contributed by atoms with E-state index in [1.165, 1.54) is 11.8 Å². The fourth-order valence-corrected chi connectivity index (χ4v) is 4.44. The minimum atomic E-state index is -1.27. The molecule has 1 atom stereocenters. The molecular weight excluding hydrogens is 330 g/mol. The summed E-state index contributed by atoms with van der Waals surface area (Å²) in [4.78, 5) is 24.9. The van der Waals surface area contributed by atoms with Crippen molar-refractivity contribution < 1.29 is 19.8 Å². The maximum atomic E-state index is 11.9. The summed E-state index contributed by atoms with van der Waals surface area (Å²) in [7, 11) is 0. The lowest BCUT2D eigenvalue weighted by molar-refractivity contribution is -0.135. The number of hydrogen-bond acceptors (Lipinski definition) is 6. The van der Waals surface area contributed by atoms with Crippen molar-refractivity contribution in [3.63, 3.8) is 0 Å². The van der Waals surface area contributed by atoms with Crippen LogP contribution in [0.3, 0.4) is 0 Å². The summed E-state index contributed by atoms with van der Waals surface area (Å²) in [5.74, 6) is -2.50. The summed E-state index contributed by atoms with van der Waals surface area (Å²) >= 11 is 1.35. The van der Waals surface area contributed by atoms with E-state index >= 15 is 0 Å². The quantitative estimate of drug-likeness (QED) is 0.601. The smallest absolute Gasteiger partial charge is 0.336 e. The van der Waals surface area contributed by atoms with Crippen molar-refractivity contribution in [2.45, 2.75) is 16.8 Å². The first-order valence-corrected chi connectivity index (χ1v) is 8.46. The van der Waals surface area contributed by atoms with Gasteiger partial charge in [-0.3, -0.25) is 4.90 Å². The Hall–Kier alpha value is -2.03. The highest BCUT2D eigenvalue weighted by Crippen LogP contribution is 2.51. The summed E-state index contributed by atoms with van der Waals surface area (Å²) in [6.45, 7) is 4.65. The zero-order valence-electron chi connectivity index (χ0n) is 13.2. The van der Waals surface area contributed by atoms with Gasteiger partial charge in [0, 0.05) is 37.2 Å². The summed E-state index contributed by atoms with van der Waals surface area (Å²) in [5, 5.41) is 25.4. The number of hydrogen-bond donors (Lipinski definition) is 4. The highest BCUT2D eigenvalue weighted by molar-refractivity contribution is 8.01. The molecule has 0 amide bonds. The zero-order valence-corrected chi connectivity index (χ0v) is 14.0. The molecule has 3 rings (SSSR count). The van der Waals surface area contributed by atoms with Gasteiger partial charge in [0.05, 0.1) is 11.3 Å². The summed E-state index contributed by atoms with van der Waals surface area (Å²) in [6, 6.07) is 5.85. The van der Waals surface area contributed by atoms with Gasteiger partial charge in [-0.15, -0.1) is 0 Å². The Morgan fingerprint density at radius 1 is 1.29 bits per heavy atom. The van der Waals surface area contributed by atoms with Gasteiger partial charge in [-0.2, -0.15) is 0 Å². The van der Waals surface area contributed by atoms with Crippen LogP contribution in [0.2, 0.25) is 0 Å². The minimum absolute atomic E-state index is 0.171. The third-order valence-electron chi connectivity index (χ3n) is 4.12. The number of aryl methyl sites for hydroxylation is 1. The standard InChI is InChI=1S/C16H19N3O4S/c1-10-2-3-13-12(8-10)18-16(24-13,19-6-4-17-5-7-19)11(15(22)23)9-14(20)21/h2-3,8-9,17-18H,4-7H2,1H3,(H,20,21)(H,22,23)/b11-9-. The lowest BCUT2D eigenvalue weighted by Gasteiger charge is -2.43. The van der Waals surface area contributed by atoms with E-state index < -0.39 is 16.9 Å². The van der Waals surface area contributed by atoms with Crippen LogP contribution in [-0.4, -0.2) is 58.2 Å². The second-order valence-corrected chi connectivity index (χ2v) is 7.04. The van der Waals surface area contributed by atoms with Crippen LogP contribution in [0, 0.1) is 6.92 Å². The summed E-state index contributed by atoms with van der Waals surface area (Å²) in [5.41, 5.74) is 1.71. The van der Waals surface area contributed by atoms with E-state index in [1.807, 2.05) is 30.0 Å². The number of carboxylic acids is 2. The zero-order chi connectivity index (χ0) is 17.3. The van der Waals surface area contributed by atoms with E-state index in [-0.39, 0.29) is 5.57 Å². The number of anilines is 1. The predicted molar refractivity (Wildman–Crippen MR) is 91.2 cm³/mol. The van der Waals surface area contributed by atoms with Crippen LogP contribution in [0.4, 0.5) is 5.69 Å². The van der Waals surface area contributed by atoms with Crippen molar-refractivity contribution in [2.24, 2.45) is 0 Å². The van der Waals surface area contributed by atoms with Gasteiger partial charge in [0.15, 0.2) is 4.99 Å². The molecule has 2 heterocycles. The van der Waals surface area contributed by atoms with E-state index in [1.54, 1.807) is 0 Å². The molecule has 0 radical (unpaired) electrons. The Bertz CT molecular complexity index is 715. The van der Waals surface area contributed by atoms with E-state index in [4.69, 9.17) is 5.11 Å². The number of carboxylic acid groups (broad SMARTS) is 2. The number of fused-ring (bicyclic) bond motifs is 1.